The molecule has 2 amide bonds. The average Bonchev–Trinajstić information content (AvgIpc) is 3.34. The number of primary amides is 1. The van der Waals surface area contributed by atoms with E-state index in [-0.39, 0.29) is 23.8 Å². The van der Waals surface area contributed by atoms with Crippen LogP contribution in [0.2, 0.25) is 0 Å². The maximum atomic E-state index is 12.8. The average molecular weight is 425 g/mol. The molecule has 2 fully saturated rings. The molecule has 7 heteroatoms. The zero-order chi connectivity index (χ0) is 21.6. The molecule has 1 aromatic carbocycles. The normalized spacial score (nSPS) is 20.9. The molecule has 3 N–H and O–H groups in total. The standard InChI is InChI=1S/C24H32N4O3/c25-23(29)19-6-4-14-28(17-19)20-10-8-18(9-11-20)24(30)26-16-21(22-7-5-15-31-22)27-12-2-1-3-13-27/h5,7-11,15,19,21H,1-4,6,12-14,16-17H2,(H2,25,29)(H,26,30)/t19-,21-/m1/s1. The number of hydrogen-bond acceptors (Lipinski definition) is 5. The number of likely N-dealkylation sites (tertiary alicyclic amines) is 1. The largest absolute Gasteiger partial charge is 0.468 e. The fourth-order valence-electron chi connectivity index (χ4n) is 4.68. The first-order chi connectivity index (χ1) is 15.1. The van der Waals surface area contributed by atoms with Crippen molar-refractivity contribution < 1.29 is 14.0 Å². The maximum absolute atomic E-state index is 12.8. The molecule has 31 heavy (non-hydrogen) atoms. The van der Waals surface area contributed by atoms with Crippen LogP contribution in [0, 0.1) is 5.92 Å². The third kappa shape index (κ3) is 5.28. The molecular weight excluding hydrogens is 392 g/mol. The van der Waals surface area contributed by atoms with Crippen LogP contribution in [0.15, 0.2) is 47.1 Å². The number of rotatable bonds is 7. The Balaban J connectivity index is 1.37. The number of hydrogen-bond donors (Lipinski definition) is 2. The second-order valence-corrected chi connectivity index (χ2v) is 8.57. The van der Waals surface area contributed by atoms with Crippen LogP contribution in [-0.4, -0.2) is 49.4 Å². The molecule has 0 bridgehead atoms. The van der Waals surface area contributed by atoms with Crippen molar-refractivity contribution in [3.63, 3.8) is 0 Å². The van der Waals surface area contributed by atoms with Crippen molar-refractivity contribution in [1.82, 2.24) is 10.2 Å². The highest BCUT2D eigenvalue weighted by molar-refractivity contribution is 5.94. The fraction of sp³-hybridized carbons (Fsp3) is 0.500. The summed E-state index contributed by atoms with van der Waals surface area (Å²) in [6.07, 6.45) is 7.10. The highest BCUT2D eigenvalue weighted by Gasteiger charge is 2.26. The molecule has 166 valence electrons. The van der Waals surface area contributed by atoms with Crippen molar-refractivity contribution in [2.45, 2.75) is 38.1 Å². The molecule has 2 aliphatic rings. The van der Waals surface area contributed by atoms with Crippen molar-refractivity contribution in [1.29, 1.82) is 0 Å². The first kappa shape index (κ1) is 21.4. The number of anilines is 1. The van der Waals surface area contributed by atoms with Gasteiger partial charge in [-0.2, -0.15) is 0 Å². The lowest BCUT2D eigenvalue weighted by atomic mass is 9.97. The third-order valence-corrected chi connectivity index (χ3v) is 6.48. The van der Waals surface area contributed by atoms with E-state index in [1.54, 1.807) is 6.26 Å². The Morgan fingerprint density at radius 2 is 1.84 bits per heavy atom. The topological polar surface area (TPSA) is 91.8 Å². The summed E-state index contributed by atoms with van der Waals surface area (Å²) in [6.45, 7) is 4.11. The van der Waals surface area contributed by atoms with Crippen molar-refractivity contribution in [2.24, 2.45) is 11.7 Å². The van der Waals surface area contributed by atoms with E-state index in [4.69, 9.17) is 10.2 Å². The molecule has 0 aliphatic carbocycles. The van der Waals surface area contributed by atoms with Crippen molar-refractivity contribution in [3.05, 3.63) is 54.0 Å². The van der Waals surface area contributed by atoms with Crippen LogP contribution in [0.1, 0.15) is 54.3 Å². The lowest BCUT2D eigenvalue weighted by Gasteiger charge is -2.33. The zero-order valence-corrected chi connectivity index (χ0v) is 18.0. The highest BCUT2D eigenvalue weighted by atomic mass is 16.3. The minimum Gasteiger partial charge on any atom is -0.468 e. The van der Waals surface area contributed by atoms with Gasteiger partial charge in [-0.15, -0.1) is 0 Å². The van der Waals surface area contributed by atoms with E-state index < -0.39 is 0 Å². The molecule has 0 saturated carbocycles. The molecule has 2 atom stereocenters. The third-order valence-electron chi connectivity index (χ3n) is 6.48. The van der Waals surface area contributed by atoms with Gasteiger partial charge in [-0.05, 0) is 75.2 Å². The quantitative estimate of drug-likeness (QED) is 0.713. The van der Waals surface area contributed by atoms with E-state index in [1.807, 2.05) is 36.4 Å². The maximum Gasteiger partial charge on any atom is 0.251 e. The monoisotopic (exact) mass is 424 g/mol. The van der Waals surface area contributed by atoms with Gasteiger partial charge in [0.15, 0.2) is 0 Å². The number of nitrogens with one attached hydrogen (secondary N) is 1. The summed E-state index contributed by atoms with van der Waals surface area (Å²) in [4.78, 5) is 28.9. The van der Waals surface area contributed by atoms with Crippen LogP contribution in [0.5, 0.6) is 0 Å². The molecule has 2 saturated heterocycles. The SMILES string of the molecule is NC(=O)[C@@H]1CCCN(c2ccc(C(=O)NC[C@H](c3ccco3)N3CCCCC3)cc2)C1. The molecule has 0 unspecified atom stereocenters. The van der Waals surface area contributed by atoms with E-state index >= 15 is 0 Å². The molecular formula is C24H32N4O3. The van der Waals surface area contributed by atoms with Gasteiger partial charge in [0.2, 0.25) is 5.91 Å². The van der Waals surface area contributed by atoms with Gasteiger partial charge in [0, 0.05) is 30.9 Å². The Morgan fingerprint density at radius 1 is 1.06 bits per heavy atom. The molecule has 1 aromatic heterocycles. The van der Waals surface area contributed by atoms with Crippen LogP contribution < -0.4 is 16.0 Å². The van der Waals surface area contributed by atoms with Crippen LogP contribution in [-0.2, 0) is 4.79 Å². The molecule has 4 rings (SSSR count). The highest BCUT2D eigenvalue weighted by Crippen LogP contribution is 2.25. The fourth-order valence-corrected chi connectivity index (χ4v) is 4.68. The molecule has 0 spiro atoms. The molecule has 0 radical (unpaired) electrons. The van der Waals surface area contributed by atoms with Gasteiger partial charge in [-0.25, -0.2) is 0 Å². The van der Waals surface area contributed by atoms with E-state index in [1.165, 1.54) is 19.3 Å². The summed E-state index contributed by atoms with van der Waals surface area (Å²) < 4.78 is 5.66. The van der Waals surface area contributed by atoms with Gasteiger partial charge in [0.25, 0.3) is 5.91 Å². The molecule has 2 aromatic rings. The van der Waals surface area contributed by atoms with Gasteiger partial charge in [-0.3, -0.25) is 14.5 Å². The van der Waals surface area contributed by atoms with Gasteiger partial charge in [0.1, 0.15) is 5.76 Å². The van der Waals surface area contributed by atoms with Crippen molar-refractivity contribution in [2.75, 3.05) is 37.6 Å². The number of nitrogens with two attached hydrogens (primary N) is 1. The summed E-state index contributed by atoms with van der Waals surface area (Å²) in [5.41, 5.74) is 7.14. The van der Waals surface area contributed by atoms with E-state index in [9.17, 15) is 9.59 Å². The van der Waals surface area contributed by atoms with Crippen LogP contribution in [0.25, 0.3) is 0 Å². The second-order valence-electron chi connectivity index (χ2n) is 8.57. The zero-order valence-electron chi connectivity index (χ0n) is 18.0. The van der Waals surface area contributed by atoms with Crippen LogP contribution in [0.3, 0.4) is 0 Å². The number of carbonyl (C=O) groups is 2. The van der Waals surface area contributed by atoms with Gasteiger partial charge >= 0.3 is 0 Å². The Bertz CT molecular complexity index is 859. The predicted molar refractivity (Wildman–Crippen MR) is 120 cm³/mol. The Labute approximate surface area is 183 Å². The van der Waals surface area contributed by atoms with Gasteiger partial charge < -0.3 is 20.4 Å². The number of nitrogens with zero attached hydrogens (tertiary/aromatic N) is 2. The Kier molecular flexibility index (Phi) is 6.92. The van der Waals surface area contributed by atoms with E-state index in [2.05, 4.69) is 15.1 Å². The first-order valence-electron chi connectivity index (χ1n) is 11.3. The number of furan rings is 1. The second kappa shape index (κ2) is 10.0. The van der Waals surface area contributed by atoms with Crippen LogP contribution in [0.4, 0.5) is 5.69 Å². The molecule has 2 aliphatic heterocycles. The van der Waals surface area contributed by atoms with Gasteiger partial charge in [0.05, 0.1) is 18.2 Å². The van der Waals surface area contributed by atoms with E-state index in [0.717, 1.165) is 43.9 Å². The number of piperidine rings is 2. The summed E-state index contributed by atoms with van der Waals surface area (Å²) in [5.74, 6) is 0.464. The minimum atomic E-state index is -0.236. The molecule has 3 heterocycles. The predicted octanol–water partition coefficient (Wildman–Crippen LogP) is 2.94. The van der Waals surface area contributed by atoms with Gasteiger partial charge in [-0.1, -0.05) is 6.42 Å². The summed E-state index contributed by atoms with van der Waals surface area (Å²) in [5, 5.41) is 3.09. The van der Waals surface area contributed by atoms with Crippen molar-refractivity contribution in [3.8, 4) is 0 Å². The molecule has 7 nitrogen and oxygen atoms in total. The minimum absolute atomic E-state index is 0.0533. The Morgan fingerprint density at radius 3 is 2.52 bits per heavy atom. The summed E-state index contributed by atoms with van der Waals surface area (Å²) in [6, 6.07) is 11.5. The number of carbonyl (C=O) groups excluding carboxylic acids is 2. The van der Waals surface area contributed by atoms with E-state index in [0.29, 0.717) is 18.7 Å². The lowest BCUT2D eigenvalue weighted by Crippen LogP contribution is -2.41. The Hall–Kier alpha value is -2.80. The van der Waals surface area contributed by atoms with Crippen molar-refractivity contribution >= 4 is 17.5 Å². The van der Waals surface area contributed by atoms with Crippen LogP contribution >= 0.6 is 0 Å². The smallest absolute Gasteiger partial charge is 0.251 e. The first-order valence-corrected chi connectivity index (χ1v) is 11.3. The number of amides is 2. The number of benzene rings is 1. The summed E-state index contributed by atoms with van der Waals surface area (Å²) in [7, 11) is 0. The lowest BCUT2D eigenvalue weighted by molar-refractivity contribution is -0.122. The summed E-state index contributed by atoms with van der Waals surface area (Å²) >= 11 is 0.